The maximum Gasteiger partial charge on any atom is 0.233 e. The molecule has 1 N–H and O–H groups in total. The predicted octanol–water partition coefficient (Wildman–Crippen LogP) is 1.67. The Kier molecular flexibility index (Phi) is 3.61. The summed E-state index contributed by atoms with van der Waals surface area (Å²) in [6.07, 6.45) is 2.71. The second-order valence-corrected chi connectivity index (χ2v) is 5.55. The van der Waals surface area contributed by atoms with Crippen molar-refractivity contribution < 1.29 is 14.0 Å². The minimum absolute atomic E-state index is 0.0119. The van der Waals surface area contributed by atoms with Crippen molar-refractivity contribution in [3.63, 3.8) is 0 Å². The van der Waals surface area contributed by atoms with E-state index in [0.29, 0.717) is 12.3 Å². The molecule has 2 heterocycles. The van der Waals surface area contributed by atoms with Crippen LogP contribution in [0.1, 0.15) is 37.7 Å². The van der Waals surface area contributed by atoms with Crippen molar-refractivity contribution in [1.29, 1.82) is 0 Å². The molecule has 2 fully saturated rings. The second-order valence-electron chi connectivity index (χ2n) is 5.55. The van der Waals surface area contributed by atoms with E-state index in [1.807, 2.05) is 19.1 Å². The van der Waals surface area contributed by atoms with Crippen molar-refractivity contribution in [3.05, 3.63) is 23.7 Å². The number of rotatable bonds is 5. The summed E-state index contributed by atoms with van der Waals surface area (Å²) in [5.41, 5.74) is 0. The van der Waals surface area contributed by atoms with Gasteiger partial charge in [-0.25, -0.2) is 0 Å². The molecule has 108 valence electrons. The normalized spacial score (nSPS) is 25.6. The van der Waals surface area contributed by atoms with Crippen LogP contribution in [0.5, 0.6) is 0 Å². The summed E-state index contributed by atoms with van der Waals surface area (Å²) in [5.74, 6) is 1.35. The van der Waals surface area contributed by atoms with E-state index in [-0.39, 0.29) is 30.2 Å². The molecule has 2 amide bonds. The van der Waals surface area contributed by atoms with Crippen LogP contribution in [0.25, 0.3) is 0 Å². The van der Waals surface area contributed by atoms with Crippen molar-refractivity contribution in [2.24, 2.45) is 11.8 Å². The van der Waals surface area contributed by atoms with Crippen LogP contribution in [0, 0.1) is 11.8 Å². The third kappa shape index (κ3) is 2.26. The Morgan fingerprint density at radius 2 is 1.85 bits per heavy atom. The summed E-state index contributed by atoms with van der Waals surface area (Å²) in [6, 6.07) is 3.74. The first kappa shape index (κ1) is 13.4. The Morgan fingerprint density at radius 1 is 1.20 bits per heavy atom. The van der Waals surface area contributed by atoms with Gasteiger partial charge in [0.1, 0.15) is 11.5 Å². The monoisotopic (exact) mass is 276 g/mol. The number of imide groups is 1. The lowest BCUT2D eigenvalue weighted by atomic mass is 10.00. The van der Waals surface area contributed by atoms with Crippen LogP contribution in [0.3, 0.4) is 0 Å². The zero-order chi connectivity index (χ0) is 14.1. The third-order valence-corrected chi connectivity index (χ3v) is 4.26. The molecular weight excluding hydrogens is 256 g/mol. The molecule has 0 spiro atoms. The number of fused-ring (bicyclic) bond motifs is 1. The highest BCUT2D eigenvalue weighted by atomic mass is 16.3. The predicted molar refractivity (Wildman–Crippen MR) is 72.5 cm³/mol. The number of hydrogen-bond donors (Lipinski definition) is 1. The summed E-state index contributed by atoms with van der Waals surface area (Å²) in [5, 5.41) is 3.18. The minimum Gasteiger partial charge on any atom is -0.463 e. The van der Waals surface area contributed by atoms with E-state index in [1.54, 1.807) is 0 Å². The topological polar surface area (TPSA) is 62.6 Å². The highest BCUT2D eigenvalue weighted by Crippen LogP contribution is 2.40. The summed E-state index contributed by atoms with van der Waals surface area (Å²) in [6.45, 7) is 3.85. The molecule has 0 aromatic carbocycles. The molecule has 1 aliphatic heterocycles. The van der Waals surface area contributed by atoms with E-state index < -0.39 is 0 Å². The van der Waals surface area contributed by atoms with Gasteiger partial charge in [-0.2, -0.15) is 0 Å². The van der Waals surface area contributed by atoms with Crippen molar-refractivity contribution in [1.82, 2.24) is 10.2 Å². The van der Waals surface area contributed by atoms with Crippen molar-refractivity contribution in [3.8, 4) is 0 Å². The molecule has 1 saturated heterocycles. The maximum atomic E-state index is 12.2. The number of hydrogen-bond acceptors (Lipinski definition) is 4. The first-order valence-corrected chi connectivity index (χ1v) is 7.34. The minimum atomic E-state index is -0.0707. The van der Waals surface area contributed by atoms with Crippen LogP contribution in [0.15, 0.2) is 16.5 Å². The van der Waals surface area contributed by atoms with Gasteiger partial charge < -0.3 is 9.73 Å². The largest absolute Gasteiger partial charge is 0.463 e. The van der Waals surface area contributed by atoms with Gasteiger partial charge in [0.15, 0.2) is 0 Å². The molecule has 2 unspecified atom stereocenters. The molecule has 3 rings (SSSR count). The Labute approximate surface area is 118 Å². The van der Waals surface area contributed by atoms with E-state index >= 15 is 0 Å². The SMILES string of the molecule is CCNCc1ccc(CN2C(=O)C3CCCC3C2=O)o1. The Hall–Kier alpha value is -1.62. The molecule has 20 heavy (non-hydrogen) atoms. The van der Waals surface area contributed by atoms with Crippen LogP contribution < -0.4 is 5.32 Å². The molecule has 1 saturated carbocycles. The lowest BCUT2D eigenvalue weighted by Gasteiger charge is -2.13. The van der Waals surface area contributed by atoms with E-state index in [4.69, 9.17) is 4.42 Å². The molecule has 2 atom stereocenters. The molecule has 0 bridgehead atoms. The molecule has 2 aliphatic rings. The quantitative estimate of drug-likeness (QED) is 0.831. The average Bonchev–Trinajstić information content (AvgIpc) is 3.13. The lowest BCUT2D eigenvalue weighted by Crippen LogP contribution is -2.31. The first-order chi connectivity index (χ1) is 9.70. The first-order valence-electron chi connectivity index (χ1n) is 7.34. The Morgan fingerprint density at radius 3 is 2.50 bits per heavy atom. The fourth-order valence-electron chi connectivity index (χ4n) is 3.22. The average molecular weight is 276 g/mol. The maximum absolute atomic E-state index is 12.2. The van der Waals surface area contributed by atoms with E-state index in [9.17, 15) is 9.59 Å². The molecule has 1 aromatic rings. The highest BCUT2D eigenvalue weighted by molar-refractivity contribution is 6.05. The van der Waals surface area contributed by atoms with Crippen molar-refractivity contribution in [2.45, 2.75) is 39.3 Å². The molecule has 1 aliphatic carbocycles. The number of nitrogens with zero attached hydrogens (tertiary/aromatic N) is 1. The zero-order valence-electron chi connectivity index (χ0n) is 11.7. The second kappa shape index (κ2) is 5.40. The van der Waals surface area contributed by atoms with E-state index in [2.05, 4.69) is 5.32 Å². The molecule has 1 aromatic heterocycles. The van der Waals surface area contributed by atoms with Gasteiger partial charge in [-0.3, -0.25) is 14.5 Å². The fourth-order valence-corrected chi connectivity index (χ4v) is 3.22. The zero-order valence-corrected chi connectivity index (χ0v) is 11.7. The van der Waals surface area contributed by atoms with Crippen LogP contribution in [-0.2, 0) is 22.7 Å². The van der Waals surface area contributed by atoms with Crippen molar-refractivity contribution in [2.75, 3.05) is 6.54 Å². The summed E-state index contributed by atoms with van der Waals surface area (Å²) >= 11 is 0. The van der Waals surface area contributed by atoms with E-state index in [1.165, 1.54) is 4.90 Å². The van der Waals surface area contributed by atoms with Gasteiger partial charge in [-0.05, 0) is 31.5 Å². The fraction of sp³-hybridized carbons (Fsp3) is 0.600. The number of carbonyl (C=O) groups excluding carboxylic acids is 2. The smallest absolute Gasteiger partial charge is 0.233 e. The summed E-state index contributed by atoms with van der Waals surface area (Å²) < 4.78 is 5.66. The van der Waals surface area contributed by atoms with Gasteiger partial charge in [0.25, 0.3) is 0 Å². The van der Waals surface area contributed by atoms with Gasteiger partial charge in [-0.1, -0.05) is 13.3 Å². The van der Waals surface area contributed by atoms with Gasteiger partial charge in [0, 0.05) is 0 Å². The van der Waals surface area contributed by atoms with Crippen LogP contribution >= 0.6 is 0 Å². The van der Waals surface area contributed by atoms with E-state index in [0.717, 1.165) is 31.6 Å². The molecular formula is C15H20N2O3. The number of carbonyl (C=O) groups is 2. The number of furan rings is 1. The van der Waals surface area contributed by atoms with Gasteiger partial charge >= 0.3 is 0 Å². The lowest BCUT2D eigenvalue weighted by molar-refractivity contribution is -0.141. The molecule has 5 heteroatoms. The molecule has 0 radical (unpaired) electrons. The highest BCUT2D eigenvalue weighted by Gasteiger charge is 2.49. The van der Waals surface area contributed by atoms with Gasteiger partial charge in [-0.15, -0.1) is 0 Å². The number of amides is 2. The number of nitrogens with one attached hydrogen (secondary N) is 1. The van der Waals surface area contributed by atoms with Gasteiger partial charge in [0.05, 0.1) is 24.9 Å². The summed E-state index contributed by atoms with van der Waals surface area (Å²) in [4.78, 5) is 25.8. The van der Waals surface area contributed by atoms with Crippen LogP contribution in [-0.4, -0.2) is 23.3 Å². The third-order valence-electron chi connectivity index (χ3n) is 4.26. The number of likely N-dealkylation sites (tertiary alicyclic amines) is 1. The summed E-state index contributed by atoms with van der Waals surface area (Å²) in [7, 11) is 0. The van der Waals surface area contributed by atoms with Crippen molar-refractivity contribution >= 4 is 11.8 Å². The Balaban J connectivity index is 1.67. The molecule has 5 nitrogen and oxygen atoms in total. The van der Waals surface area contributed by atoms with Gasteiger partial charge in [0.2, 0.25) is 11.8 Å². The van der Waals surface area contributed by atoms with Crippen LogP contribution in [0.4, 0.5) is 0 Å². The van der Waals surface area contributed by atoms with Crippen LogP contribution in [0.2, 0.25) is 0 Å². The Bertz CT molecular complexity index is 501. The standard InChI is InChI=1S/C15H20N2O3/c1-2-16-8-10-6-7-11(20-10)9-17-14(18)12-4-3-5-13(12)15(17)19/h6-7,12-13,16H,2-5,8-9H2,1H3.